The summed E-state index contributed by atoms with van der Waals surface area (Å²) in [5.74, 6) is 1.75. The zero-order chi connectivity index (χ0) is 19.9. The highest BCUT2D eigenvalue weighted by molar-refractivity contribution is 7.44. The Kier molecular flexibility index (Phi) is 6.49. The molecule has 28 heavy (non-hydrogen) atoms. The van der Waals surface area contributed by atoms with Gasteiger partial charge in [0.05, 0.1) is 5.69 Å². The first-order valence-electron chi connectivity index (χ1n) is 8.95. The highest BCUT2D eigenvalue weighted by Gasteiger charge is 2.20. The maximum atomic E-state index is 12.6. The van der Waals surface area contributed by atoms with E-state index in [4.69, 9.17) is 4.21 Å². The third-order valence-corrected chi connectivity index (χ3v) is 4.65. The molecule has 1 aromatic carbocycles. The van der Waals surface area contributed by atoms with Crippen molar-refractivity contribution >= 4 is 24.1 Å². The first-order chi connectivity index (χ1) is 13.7. The highest BCUT2D eigenvalue weighted by Crippen LogP contribution is 2.22. The van der Waals surface area contributed by atoms with E-state index >= 15 is 0 Å². The monoisotopic (exact) mass is 392 g/mol. The van der Waals surface area contributed by atoms with E-state index in [0.29, 0.717) is 12.0 Å². The zero-order valence-electron chi connectivity index (χ0n) is 15.5. The van der Waals surface area contributed by atoms with Crippen LogP contribution in [0, 0.1) is 6.92 Å². The number of hydrogen-bond donors (Lipinski definition) is 0. The van der Waals surface area contributed by atoms with Gasteiger partial charge in [-0.05, 0) is 24.6 Å². The molecule has 0 aliphatic carbocycles. The lowest BCUT2D eigenvalue weighted by Gasteiger charge is -2.29. The van der Waals surface area contributed by atoms with Crippen molar-refractivity contribution in [2.24, 2.45) is 0 Å². The molecule has 0 unspecified atom stereocenters. The maximum absolute atomic E-state index is 12.6. The number of carbonyl (C=O) groups is 1. The molecular weight excluding hydrogens is 372 g/mol. The first kappa shape index (κ1) is 19.7. The van der Waals surface area contributed by atoms with E-state index in [1.54, 1.807) is 12.3 Å². The lowest BCUT2D eigenvalue weighted by atomic mass is 10.0. The molecule has 0 spiro atoms. The Balaban J connectivity index is 0.00000109. The van der Waals surface area contributed by atoms with Crippen LogP contribution in [0.5, 0.6) is 0 Å². The lowest BCUT2D eigenvalue weighted by molar-refractivity contribution is 0.0993. The fraction of sp³-hybridized carbons (Fsp3) is 0.238. The molecule has 6 nitrogen and oxygen atoms in total. The van der Waals surface area contributed by atoms with Gasteiger partial charge in [0.1, 0.15) is 11.6 Å². The van der Waals surface area contributed by atoms with Crippen molar-refractivity contribution in [1.29, 1.82) is 0 Å². The predicted molar refractivity (Wildman–Crippen MR) is 108 cm³/mol. The second-order valence-electron chi connectivity index (χ2n) is 6.55. The molecule has 0 amide bonds. The number of hydrogen-bond acceptors (Lipinski definition) is 7. The molecule has 1 aliphatic rings. The molecule has 0 radical (unpaired) electrons. The van der Waals surface area contributed by atoms with Crippen LogP contribution in [-0.2, 0) is 31.9 Å². The first-order valence-corrected chi connectivity index (χ1v) is 9.28. The van der Waals surface area contributed by atoms with E-state index in [2.05, 4.69) is 32.4 Å². The standard InChI is InChI=1S/C21H20N4O.OS/c1-15-23-13-18-14-25(10-8-19(18)24-15)21-12-17(7-9-22-21)20(26)11-16-5-3-2-4-6-16;1-2/h2-7,9,12-13H,8,10-11,14H2,1H3;. The predicted octanol–water partition coefficient (Wildman–Crippen LogP) is 2.83. The second kappa shape index (κ2) is 9.23. The van der Waals surface area contributed by atoms with Gasteiger partial charge in [0.25, 0.3) is 0 Å². The Bertz CT molecular complexity index is 966. The van der Waals surface area contributed by atoms with Gasteiger partial charge in [0.2, 0.25) is 0 Å². The van der Waals surface area contributed by atoms with Gasteiger partial charge in [0, 0.05) is 49.5 Å². The molecule has 0 saturated carbocycles. The minimum atomic E-state index is 0.108. The fourth-order valence-corrected chi connectivity index (χ4v) is 3.26. The summed E-state index contributed by atoms with van der Waals surface area (Å²) in [5, 5.41) is 0. The Morgan fingerprint density at radius 1 is 1.14 bits per heavy atom. The average molecular weight is 392 g/mol. The zero-order valence-corrected chi connectivity index (χ0v) is 16.4. The quantitative estimate of drug-likeness (QED) is 0.632. The topological polar surface area (TPSA) is 76.1 Å². The van der Waals surface area contributed by atoms with Crippen molar-refractivity contribution in [1.82, 2.24) is 15.0 Å². The van der Waals surface area contributed by atoms with E-state index in [0.717, 1.165) is 48.0 Å². The van der Waals surface area contributed by atoms with Crippen molar-refractivity contribution < 1.29 is 9.00 Å². The number of benzene rings is 1. The molecule has 2 aromatic heterocycles. The van der Waals surface area contributed by atoms with Gasteiger partial charge < -0.3 is 4.90 Å². The van der Waals surface area contributed by atoms with Crippen LogP contribution in [0.4, 0.5) is 5.82 Å². The van der Waals surface area contributed by atoms with Crippen LogP contribution in [0.1, 0.15) is 33.0 Å². The Hall–Kier alpha value is -3.06. The molecule has 0 atom stereocenters. The number of rotatable bonds is 4. The summed E-state index contributed by atoms with van der Waals surface area (Å²) in [6.07, 6.45) is 4.88. The molecule has 4 rings (SSSR count). The lowest BCUT2D eigenvalue weighted by Crippen LogP contribution is -2.32. The molecule has 0 bridgehead atoms. The minimum Gasteiger partial charge on any atom is -0.352 e. The van der Waals surface area contributed by atoms with Gasteiger partial charge in [-0.2, -0.15) is 4.21 Å². The highest BCUT2D eigenvalue weighted by atomic mass is 32.1. The molecule has 0 N–H and O–H groups in total. The van der Waals surface area contributed by atoms with E-state index in [-0.39, 0.29) is 5.78 Å². The largest absolute Gasteiger partial charge is 0.352 e. The molecule has 0 fully saturated rings. The van der Waals surface area contributed by atoms with Crippen LogP contribution in [0.15, 0.2) is 54.9 Å². The summed E-state index contributed by atoms with van der Waals surface area (Å²) in [7, 11) is 0. The fourth-order valence-electron chi connectivity index (χ4n) is 3.26. The summed E-state index contributed by atoms with van der Waals surface area (Å²) < 4.78 is 7.83. The third kappa shape index (κ3) is 4.61. The summed E-state index contributed by atoms with van der Waals surface area (Å²) in [5.41, 5.74) is 3.97. The van der Waals surface area contributed by atoms with Gasteiger partial charge in [-0.15, -0.1) is 0 Å². The molecule has 3 heterocycles. The van der Waals surface area contributed by atoms with Gasteiger partial charge in [-0.3, -0.25) is 4.79 Å². The molecule has 1 aliphatic heterocycles. The van der Waals surface area contributed by atoms with E-state index < -0.39 is 0 Å². The maximum Gasteiger partial charge on any atom is 0.197 e. The molecular formula is C21H20N4O2S. The second-order valence-corrected chi connectivity index (χ2v) is 6.55. The van der Waals surface area contributed by atoms with Crippen LogP contribution in [0.25, 0.3) is 0 Å². The summed E-state index contributed by atoms with van der Waals surface area (Å²) in [6.45, 7) is 3.47. The van der Waals surface area contributed by atoms with Crippen LogP contribution in [0.2, 0.25) is 0 Å². The number of fused-ring (bicyclic) bond motifs is 1. The molecule has 7 heteroatoms. The molecule has 142 valence electrons. The molecule has 0 saturated heterocycles. The average Bonchev–Trinajstić information content (AvgIpc) is 2.75. The van der Waals surface area contributed by atoms with E-state index in [1.807, 2.05) is 49.5 Å². The van der Waals surface area contributed by atoms with Crippen LogP contribution >= 0.6 is 0 Å². The summed E-state index contributed by atoms with van der Waals surface area (Å²) >= 11 is 2.83. The Labute approximate surface area is 169 Å². The summed E-state index contributed by atoms with van der Waals surface area (Å²) in [6, 6.07) is 13.5. The number of ketones is 1. The Morgan fingerprint density at radius 3 is 2.71 bits per heavy atom. The van der Waals surface area contributed by atoms with E-state index in [9.17, 15) is 4.79 Å². The van der Waals surface area contributed by atoms with Crippen LogP contribution < -0.4 is 4.90 Å². The SMILES string of the molecule is Cc1ncc2c(n1)CCN(c1cc(C(=O)Cc3ccccc3)ccn1)C2.O=S. The Morgan fingerprint density at radius 2 is 1.93 bits per heavy atom. The van der Waals surface area contributed by atoms with Gasteiger partial charge >= 0.3 is 0 Å². The number of aromatic nitrogens is 3. The van der Waals surface area contributed by atoms with Gasteiger partial charge in [-0.25, -0.2) is 15.0 Å². The van der Waals surface area contributed by atoms with Crippen molar-refractivity contribution in [3.63, 3.8) is 0 Å². The number of aryl methyl sites for hydroxylation is 1. The number of pyridine rings is 1. The van der Waals surface area contributed by atoms with Gasteiger partial charge in [0.15, 0.2) is 18.3 Å². The van der Waals surface area contributed by atoms with Crippen molar-refractivity contribution in [2.75, 3.05) is 11.4 Å². The number of Topliss-reactive ketones (excluding diaryl/α,β-unsaturated/α-hetero) is 1. The normalized spacial score (nSPS) is 12.5. The van der Waals surface area contributed by atoms with Crippen molar-refractivity contribution in [2.45, 2.75) is 26.3 Å². The minimum absolute atomic E-state index is 0.108. The van der Waals surface area contributed by atoms with E-state index in [1.165, 1.54) is 0 Å². The third-order valence-electron chi connectivity index (χ3n) is 4.65. The van der Waals surface area contributed by atoms with Crippen LogP contribution in [-0.4, -0.2) is 31.5 Å². The summed E-state index contributed by atoms with van der Waals surface area (Å²) in [4.78, 5) is 28.1. The van der Waals surface area contributed by atoms with Gasteiger partial charge in [-0.1, -0.05) is 30.3 Å². The molecule has 3 aromatic rings. The number of anilines is 1. The smallest absolute Gasteiger partial charge is 0.197 e. The van der Waals surface area contributed by atoms with Crippen LogP contribution in [0.3, 0.4) is 0 Å². The van der Waals surface area contributed by atoms with Crippen molar-refractivity contribution in [3.05, 3.63) is 83.1 Å². The number of carbonyl (C=O) groups excluding carboxylic acids is 1. The van der Waals surface area contributed by atoms with Crippen molar-refractivity contribution in [3.8, 4) is 0 Å². The number of nitrogens with zero attached hydrogens (tertiary/aromatic N) is 4.